The lowest BCUT2D eigenvalue weighted by Crippen LogP contribution is -2.35. The number of carbonyl (C=O) groups is 1. The van der Waals surface area contributed by atoms with E-state index in [1.807, 2.05) is 57.4 Å². The van der Waals surface area contributed by atoms with Crippen molar-refractivity contribution < 1.29 is 14.3 Å². The quantitative estimate of drug-likeness (QED) is 0.574. The first-order valence-corrected chi connectivity index (χ1v) is 11.0. The number of methoxy groups -OCH3 is 1. The number of likely N-dealkylation sites (N-methyl/N-ethyl adjacent to an activating group) is 1. The van der Waals surface area contributed by atoms with Crippen LogP contribution in [0.2, 0.25) is 0 Å². The standard InChI is InChI=1S/C26H31N3O3/c1-17-8-9-19(32-16-18(2)29(3)4)13-22(17)25(30)28-26(10-11-26)23-14-20(31-5)15-24-21(23)7-6-12-27-24/h6-9,12-15,18H,10-11,16H2,1-5H3,(H,28,30)/t18-/m0/s1. The molecule has 32 heavy (non-hydrogen) atoms. The van der Waals surface area contributed by atoms with E-state index in [1.165, 1.54) is 0 Å². The molecule has 1 aromatic heterocycles. The van der Waals surface area contributed by atoms with Crippen LogP contribution in [0.4, 0.5) is 0 Å². The van der Waals surface area contributed by atoms with Crippen LogP contribution in [0, 0.1) is 6.92 Å². The first kappa shape index (κ1) is 22.1. The van der Waals surface area contributed by atoms with Gasteiger partial charge in [-0.05, 0) is 76.2 Å². The highest BCUT2D eigenvalue weighted by Crippen LogP contribution is 2.49. The lowest BCUT2D eigenvalue weighted by molar-refractivity contribution is 0.0930. The molecule has 4 rings (SSSR count). The number of hydrogen-bond acceptors (Lipinski definition) is 5. The second-order valence-corrected chi connectivity index (χ2v) is 8.88. The zero-order chi connectivity index (χ0) is 22.9. The molecule has 1 N–H and O–H groups in total. The summed E-state index contributed by atoms with van der Waals surface area (Å²) in [5, 5.41) is 4.35. The summed E-state index contributed by atoms with van der Waals surface area (Å²) in [6.07, 6.45) is 3.53. The molecule has 1 aliphatic carbocycles. The average molecular weight is 434 g/mol. The molecule has 0 radical (unpaired) electrons. The molecule has 0 bridgehead atoms. The van der Waals surface area contributed by atoms with Crippen molar-refractivity contribution in [1.29, 1.82) is 0 Å². The molecular weight excluding hydrogens is 402 g/mol. The van der Waals surface area contributed by atoms with E-state index < -0.39 is 5.54 Å². The van der Waals surface area contributed by atoms with Crippen LogP contribution in [0.1, 0.15) is 41.3 Å². The third-order valence-electron chi connectivity index (χ3n) is 6.37. The predicted molar refractivity (Wildman–Crippen MR) is 126 cm³/mol. The summed E-state index contributed by atoms with van der Waals surface area (Å²) in [6.45, 7) is 4.61. The molecule has 0 aliphatic heterocycles. The van der Waals surface area contributed by atoms with E-state index in [-0.39, 0.29) is 11.9 Å². The van der Waals surface area contributed by atoms with Crippen molar-refractivity contribution in [3.8, 4) is 11.5 Å². The zero-order valence-corrected chi connectivity index (χ0v) is 19.4. The number of fused-ring (bicyclic) bond motifs is 1. The molecule has 0 saturated heterocycles. The lowest BCUT2D eigenvalue weighted by Gasteiger charge is -2.22. The number of amides is 1. The van der Waals surface area contributed by atoms with Gasteiger partial charge in [0.1, 0.15) is 18.1 Å². The van der Waals surface area contributed by atoms with Crippen molar-refractivity contribution in [2.45, 2.75) is 38.3 Å². The van der Waals surface area contributed by atoms with E-state index in [9.17, 15) is 4.79 Å². The van der Waals surface area contributed by atoms with E-state index in [1.54, 1.807) is 13.3 Å². The first-order chi connectivity index (χ1) is 15.3. The van der Waals surface area contributed by atoms with Gasteiger partial charge in [-0.2, -0.15) is 0 Å². The van der Waals surface area contributed by atoms with Crippen LogP contribution in [-0.4, -0.2) is 49.6 Å². The number of nitrogens with zero attached hydrogens (tertiary/aromatic N) is 2. The van der Waals surface area contributed by atoms with E-state index in [0.29, 0.717) is 17.9 Å². The van der Waals surface area contributed by atoms with Crippen molar-refractivity contribution in [3.05, 3.63) is 65.4 Å². The SMILES string of the molecule is COc1cc(C2(NC(=O)c3cc(OC[C@H](C)N(C)C)ccc3C)CC2)c2cccnc2c1. The van der Waals surface area contributed by atoms with Gasteiger partial charge in [0, 0.05) is 29.3 Å². The first-order valence-electron chi connectivity index (χ1n) is 11.0. The summed E-state index contributed by atoms with van der Waals surface area (Å²) in [6, 6.07) is 13.9. The molecule has 1 aliphatic rings. The van der Waals surface area contributed by atoms with Gasteiger partial charge < -0.3 is 19.7 Å². The van der Waals surface area contributed by atoms with Gasteiger partial charge in [-0.25, -0.2) is 0 Å². The van der Waals surface area contributed by atoms with Crippen LogP contribution in [0.3, 0.4) is 0 Å². The summed E-state index contributed by atoms with van der Waals surface area (Å²) < 4.78 is 11.4. The van der Waals surface area contributed by atoms with Crippen molar-refractivity contribution in [1.82, 2.24) is 15.2 Å². The van der Waals surface area contributed by atoms with Gasteiger partial charge in [-0.15, -0.1) is 0 Å². The normalized spacial score (nSPS) is 15.4. The topological polar surface area (TPSA) is 63.7 Å². The molecule has 6 nitrogen and oxygen atoms in total. The Morgan fingerprint density at radius 2 is 1.97 bits per heavy atom. The van der Waals surface area contributed by atoms with Gasteiger partial charge in [0.2, 0.25) is 0 Å². The average Bonchev–Trinajstić information content (AvgIpc) is 3.57. The maximum absolute atomic E-state index is 13.4. The minimum atomic E-state index is -0.407. The Morgan fingerprint density at radius 3 is 2.66 bits per heavy atom. The minimum absolute atomic E-state index is 0.0917. The van der Waals surface area contributed by atoms with Gasteiger partial charge >= 0.3 is 0 Å². The number of pyridine rings is 1. The number of aryl methyl sites for hydroxylation is 1. The molecule has 168 valence electrons. The minimum Gasteiger partial charge on any atom is -0.497 e. The largest absolute Gasteiger partial charge is 0.497 e. The number of carbonyl (C=O) groups excluding carboxylic acids is 1. The Hall–Kier alpha value is -3.12. The van der Waals surface area contributed by atoms with E-state index in [2.05, 4.69) is 28.2 Å². The Morgan fingerprint density at radius 1 is 1.19 bits per heavy atom. The molecule has 0 unspecified atom stereocenters. The molecule has 1 saturated carbocycles. The van der Waals surface area contributed by atoms with E-state index in [0.717, 1.165) is 40.6 Å². The highest BCUT2D eigenvalue weighted by Gasteiger charge is 2.47. The van der Waals surface area contributed by atoms with Gasteiger partial charge in [0.15, 0.2) is 0 Å². The number of rotatable bonds is 8. The zero-order valence-electron chi connectivity index (χ0n) is 19.4. The fourth-order valence-corrected chi connectivity index (χ4v) is 3.84. The van der Waals surface area contributed by atoms with Crippen LogP contribution in [-0.2, 0) is 5.54 Å². The monoisotopic (exact) mass is 433 g/mol. The predicted octanol–water partition coefficient (Wildman–Crippen LogP) is 4.30. The number of hydrogen-bond donors (Lipinski definition) is 1. The summed E-state index contributed by atoms with van der Waals surface area (Å²) in [5.41, 5.74) is 3.07. The Balaban J connectivity index is 1.60. The van der Waals surface area contributed by atoms with Crippen LogP contribution in [0.25, 0.3) is 10.9 Å². The molecule has 2 aromatic carbocycles. The smallest absolute Gasteiger partial charge is 0.252 e. The number of aromatic nitrogens is 1. The maximum Gasteiger partial charge on any atom is 0.252 e. The molecule has 0 spiro atoms. The second kappa shape index (κ2) is 8.79. The third-order valence-corrected chi connectivity index (χ3v) is 6.37. The van der Waals surface area contributed by atoms with Crippen LogP contribution >= 0.6 is 0 Å². The van der Waals surface area contributed by atoms with Gasteiger partial charge in [0.25, 0.3) is 5.91 Å². The number of ether oxygens (including phenoxy) is 2. The Bertz CT molecular complexity index is 1140. The van der Waals surface area contributed by atoms with Gasteiger partial charge in [0.05, 0.1) is 18.2 Å². The summed E-state index contributed by atoms with van der Waals surface area (Å²) in [7, 11) is 5.70. The molecule has 1 amide bonds. The highest BCUT2D eigenvalue weighted by molar-refractivity contribution is 5.97. The highest BCUT2D eigenvalue weighted by atomic mass is 16.5. The summed E-state index contributed by atoms with van der Waals surface area (Å²) >= 11 is 0. The van der Waals surface area contributed by atoms with Gasteiger partial charge in [-0.1, -0.05) is 12.1 Å². The van der Waals surface area contributed by atoms with Crippen LogP contribution in [0.5, 0.6) is 11.5 Å². The van der Waals surface area contributed by atoms with Gasteiger partial charge in [-0.3, -0.25) is 9.78 Å². The summed E-state index contributed by atoms with van der Waals surface area (Å²) in [5.74, 6) is 1.36. The van der Waals surface area contributed by atoms with Crippen LogP contribution in [0.15, 0.2) is 48.7 Å². The molecule has 1 atom stereocenters. The Labute approximate surface area is 189 Å². The fraction of sp³-hybridized carbons (Fsp3) is 0.385. The Kier molecular flexibility index (Phi) is 6.07. The maximum atomic E-state index is 13.4. The van der Waals surface area contributed by atoms with E-state index >= 15 is 0 Å². The fourth-order valence-electron chi connectivity index (χ4n) is 3.84. The third kappa shape index (κ3) is 4.41. The van der Waals surface area contributed by atoms with Crippen molar-refractivity contribution >= 4 is 16.8 Å². The molecule has 6 heteroatoms. The van der Waals surface area contributed by atoms with E-state index in [4.69, 9.17) is 9.47 Å². The molecule has 1 fully saturated rings. The van der Waals surface area contributed by atoms with Crippen molar-refractivity contribution in [2.75, 3.05) is 27.8 Å². The van der Waals surface area contributed by atoms with Crippen molar-refractivity contribution in [3.63, 3.8) is 0 Å². The molecule has 3 aromatic rings. The lowest BCUT2D eigenvalue weighted by atomic mass is 9.97. The summed E-state index contributed by atoms with van der Waals surface area (Å²) in [4.78, 5) is 20.0. The van der Waals surface area contributed by atoms with Crippen molar-refractivity contribution in [2.24, 2.45) is 0 Å². The second-order valence-electron chi connectivity index (χ2n) is 8.88. The van der Waals surface area contributed by atoms with Crippen LogP contribution < -0.4 is 14.8 Å². The molecule has 1 heterocycles. The molecular formula is C26H31N3O3. The number of benzene rings is 2. The number of nitrogens with one attached hydrogen (secondary N) is 1.